The van der Waals surface area contributed by atoms with Crippen LogP contribution in [0.3, 0.4) is 0 Å². The largest absolute Gasteiger partial charge is 0.388 e. The van der Waals surface area contributed by atoms with Gasteiger partial charge < -0.3 is 10.0 Å². The van der Waals surface area contributed by atoms with E-state index in [0.717, 1.165) is 18.7 Å². The second-order valence-electron chi connectivity index (χ2n) is 4.44. The van der Waals surface area contributed by atoms with Crippen LogP contribution in [0.25, 0.3) is 0 Å². The van der Waals surface area contributed by atoms with Crippen LogP contribution in [-0.4, -0.2) is 23.8 Å². The summed E-state index contributed by atoms with van der Waals surface area (Å²) < 4.78 is 0. The first-order valence-electron chi connectivity index (χ1n) is 5.19. The molecule has 0 saturated carbocycles. The Bertz CT molecular complexity index is 451. The molecular formula is C12H13ClN2O. The van der Waals surface area contributed by atoms with Crippen LogP contribution in [0.1, 0.15) is 18.9 Å². The molecule has 0 amide bonds. The van der Waals surface area contributed by atoms with E-state index in [2.05, 4.69) is 4.90 Å². The molecular weight excluding hydrogens is 224 g/mol. The average Bonchev–Trinajstić information content (AvgIpc) is 2.59. The Morgan fingerprint density at radius 2 is 2.31 bits per heavy atom. The number of nitriles is 1. The van der Waals surface area contributed by atoms with Crippen LogP contribution < -0.4 is 4.90 Å². The number of halogens is 1. The molecule has 1 aromatic carbocycles. The molecule has 1 atom stereocenters. The number of anilines is 1. The number of aliphatic hydroxyl groups is 1. The fraction of sp³-hybridized carbons (Fsp3) is 0.417. The van der Waals surface area contributed by atoms with E-state index >= 15 is 0 Å². The van der Waals surface area contributed by atoms with Gasteiger partial charge in [-0.1, -0.05) is 11.6 Å². The van der Waals surface area contributed by atoms with Crippen molar-refractivity contribution in [1.82, 2.24) is 0 Å². The van der Waals surface area contributed by atoms with Crippen LogP contribution in [0, 0.1) is 11.3 Å². The van der Waals surface area contributed by atoms with Crippen LogP contribution in [0.4, 0.5) is 5.69 Å². The smallest absolute Gasteiger partial charge is 0.101 e. The second kappa shape index (κ2) is 3.97. The summed E-state index contributed by atoms with van der Waals surface area (Å²) in [5.41, 5.74) is 0.818. The van der Waals surface area contributed by atoms with Crippen LogP contribution in [0.15, 0.2) is 18.2 Å². The predicted octanol–water partition coefficient (Wildman–Crippen LogP) is 2.17. The Morgan fingerprint density at radius 3 is 2.81 bits per heavy atom. The first-order valence-corrected chi connectivity index (χ1v) is 5.57. The van der Waals surface area contributed by atoms with Crippen molar-refractivity contribution in [3.8, 4) is 6.07 Å². The summed E-state index contributed by atoms with van der Waals surface area (Å²) in [5, 5.41) is 19.1. The van der Waals surface area contributed by atoms with Gasteiger partial charge in [0.1, 0.15) is 6.07 Å². The minimum absolute atomic E-state index is 0.464. The average molecular weight is 237 g/mol. The molecule has 16 heavy (non-hydrogen) atoms. The number of rotatable bonds is 1. The summed E-state index contributed by atoms with van der Waals surface area (Å²) in [4.78, 5) is 2.08. The third-order valence-electron chi connectivity index (χ3n) is 2.89. The molecule has 0 radical (unpaired) electrons. The molecule has 1 fully saturated rings. The standard InChI is InChI=1S/C12H13ClN2O/c1-12(16)4-5-15(8-12)10-3-2-9(7-14)11(13)6-10/h2-3,6,16H,4-5,8H2,1H3. The SMILES string of the molecule is CC1(O)CCN(c2ccc(C#N)c(Cl)c2)C1. The number of hydrogen-bond acceptors (Lipinski definition) is 3. The Balaban J connectivity index is 2.24. The maximum absolute atomic E-state index is 9.87. The molecule has 1 aliphatic rings. The van der Waals surface area contributed by atoms with Crippen molar-refractivity contribution in [2.45, 2.75) is 18.9 Å². The van der Waals surface area contributed by atoms with Gasteiger partial charge in [-0.2, -0.15) is 5.26 Å². The molecule has 3 nitrogen and oxygen atoms in total. The van der Waals surface area contributed by atoms with Crippen LogP contribution >= 0.6 is 11.6 Å². The van der Waals surface area contributed by atoms with Gasteiger partial charge in [0.2, 0.25) is 0 Å². The molecule has 84 valence electrons. The third-order valence-corrected chi connectivity index (χ3v) is 3.20. The summed E-state index contributed by atoms with van der Waals surface area (Å²) in [7, 11) is 0. The molecule has 1 heterocycles. The van der Waals surface area contributed by atoms with E-state index in [0.29, 0.717) is 17.1 Å². The highest BCUT2D eigenvalue weighted by Gasteiger charge is 2.31. The lowest BCUT2D eigenvalue weighted by Crippen LogP contribution is -2.29. The Kier molecular flexibility index (Phi) is 2.79. The molecule has 1 unspecified atom stereocenters. The van der Waals surface area contributed by atoms with Crippen molar-refractivity contribution in [3.63, 3.8) is 0 Å². The van der Waals surface area contributed by atoms with Crippen molar-refractivity contribution in [2.24, 2.45) is 0 Å². The first kappa shape index (κ1) is 11.3. The van der Waals surface area contributed by atoms with Gasteiger partial charge in [-0.15, -0.1) is 0 Å². The van der Waals surface area contributed by atoms with Gasteiger partial charge in [-0.3, -0.25) is 0 Å². The van der Waals surface area contributed by atoms with E-state index in [1.165, 1.54) is 0 Å². The van der Waals surface area contributed by atoms with E-state index in [1.54, 1.807) is 12.1 Å². The van der Waals surface area contributed by atoms with E-state index in [9.17, 15) is 5.11 Å². The van der Waals surface area contributed by atoms with Crippen LogP contribution in [0.5, 0.6) is 0 Å². The third kappa shape index (κ3) is 2.13. The number of nitrogens with zero attached hydrogens (tertiary/aromatic N) is 2. The fourth-order valence-corrected chi connectivity index (χ4v) is 2.17. The highest BCUT2D eigenvalue weighted by molar-refractivity contribution is 6.32. The van der Waals surface area contributed by atoms with Gasteiger partial charge in [0.25, 0.3) is 0 Å². The Morgan fingerprint density at radius 1 is 1.56 bits per heavy atom. The topological polar surface area (TPSA) is 47.3 Å². The van der Waals surface area contributed by atoms with Gasteiger partial charge in [0.15, 0.2) is 0 Å². The van der Waals surface area contributed by atoms with E-state index in [4.69, 9.17) is 16.9 Å². The lowest BCUT2D eigenvalue weighted by atomic mass is 10.1. The molecule has 0 bridgehead atoms. The lowest BCUT2D eigenvalue weighted by molar-refractivity contribution is 0.0839. The second-order valence-corrected chi connectivity index (χ2v) is 4.85. The molecule has 1 aromatic rings. The fourth-order valence-electron chi connectivity index (χ4n) is 1.96. The number of benzene rings is 1. The minimum atomic E-state index is -0.625. The van der Waals surface area contributed by atoms with E-state index in [1.807, 2.05) is 19.1 Å². The van der Waals surface area contributed by atoms with E-state index < -0.39 is 5.60 Å². The van der Waals surface area contributed by atoms with Crippen LogP contribution in [-0.2, 0) is 0 Å². The summed E-state index contributed by atoms with van der Waals surface area (Å²) in [6.45, 7) is 3.25. The summed E-state index contributed by atoms with van der Waals surface area (Å²) in [6, 6.07) is 7.39. The molecule has 0 spiro atoms. The van der Waals surface area contributed by atoms with Crippen molar-refractivity contribution in [1.29, 1.82) is 5.26 Å². The zero-order valence-corrected chi connectivity index (χ0v) is 9.83. The molecule has 1 saturated heterocycles. The zero-order valence-electron chi connectivity index (χ0n) is 9.07. The molecule has 0 aromatic heterocycles. The maximum atomic E-state index is 9.87. The number of β-amino-alcohol motifs (C(OH)–C–C–N with tert-alkyl or cyclic N) is 1. The lowest BCUT2D eigenvalue weighted by Gasteiger charge is -2.21. The quantitative estimate of drug-likeness (QED) is 0.813. The summed E-state index contributed by atoms with van der Waals surface area (Å²) >= 11 is 5.97. The Hall–Kier alpha value is -1.24. The molecule has 0 aliphatic carbocycles. The maximum Gasteiger partial charge on any atom is 0.101 e. The van der Waals surface area contributed by atoms with Crippen molar-refractivity contribution in [2.75, 3.05) is 18.0 Å². The predicted molar refractivity (Wildman–Crippen MR) is 63.6 cm³/mol. The minimum Gasteiger partial charge on any atom is -0.388 e. The summed E-state index contributed by atoms with van der Waals surface area (Å²) in [5.74, 6) is 0. The first-order chi connectivity index (χ1) is 7.52. The molecule has 4 heteroatoms. The zero-order chi connectivity index (χ0) is 11.8. The normalized spacial score (nSPS) is 24.5. The van der Waals surface area contributed by atoms with Gasteiger partial charge in [-0.25, -0.2) is 0 Å². The van der Waals surface area contributed by atoms with Gasteiger partial charge in [-0.05, 0) is 31.5 Å². The molecule has 2 rings (SSSR count). The van der Waals surface area contributed by atoms with Gasteiger partial charge in [0.05, 0.1) is 16.2 Å². The Labute approximate surface area is 99.9 Å². The van der Waals surface area contributed by atoms with Gasteiger partial charge in [0, 0.05) is 18.8 Å². The molecule has 1 aliphatic heterocycles. The van der Waals surface area contributed by atoms with Crippen molar-refractivity contribution in [3.05, 3.63) is 28.8 Å². The van der Waals surface area contributed by atoms with Crippen LogP contribution in [0.2, 0.25) is 5.02 Å². The number of hydrogen-bond donors (Lipinski definition) is 1. The van der Waals surface area contributed by atoms with Gasteiger partial charge >= 0.3 is 0 Å². The molecule has 1 N–H and O–H groups in total. The highest BCUT2D eigenvalue weighted by Crippen LogP contribution is 2.29. The van der Waals surface area contributed by atoms with Crippen molar-refractivity contribution < 1.29 is 5.11 Å². The highest BCUT2D eigenvalue weighted by atomic mass is 35.5. The monoisotopic (exact) mass is 236 g/mol. The van der Waals surface area contributed by atoms with Crippen molar-refractivity contribution >= 4 is 17.3 Å². The van der Waals surface area contributed by atoms with E-state index in [-0.39, 0.29) is 0 Å². The summed E-state index contributed by atoms with van der Waals surface area (Å²) in [6.07, 6.45) is 0.755.